The van der Waals surface area contributed by atoms with Gasteiger partial charge in [-0.05, 0) is 61.2 Å². The van der Waals surface area contributed by atoms with Gasteiger partial charge in [0.1, 0.15) is 17.5 Å². The molecule has 39 heavy (non-hydrogen) atoms. The van der Waals surface area contributed by atoms with E-state index in [2.05, 4.69) is 9.47 Å². The average Bonchev–Trinajstić information content (AvgIpc) is 3.21. The lowest BCUT2D eigenvalue weighted by Gasteiger charge is -2.30. The zero-order chi connectivity index (χ0) is 27.1. The number of halogens is 2. The third kappa shape index (κ3) is 5.47. The monoisotopic (exact) mass is 566 g/mol. The minimum atomic E-state index is -0.953. The maximum atomic E-state index is 11.6. The zero-order valence-corrected chi connectivity index (χ0v) is 23.0. The Hall–Kier alpha value is -3.17. The van der Waals surface area contributed by atoms with Crippen molar-refractivity contribution >= 4 is 40.2 Å². The lowest BCUT2D eigenvalue weighted by molar-refractivity contribution is -0.0592. The highest BCUT2D eigenvalue weighted by Crippen LogP contribution is 2.31. The first kappa shape index (κ1) is 26.1. The van der Waals surface area contributed by atoms with Crippen LogP contribution in [0, 0.1) is 6.92 Å². The molecule has 0 bridgehead atoms. The summed E-state index contributed by atoms with van der Waals surface area (Å²) in [5.74, 6) is 0.321. The minimum absolute atomic E-state index is 0.113. The Labute approximate surface area is 236 Å². The first-order valence-electron chi connectivity index (χ1n) is 13.0. The van der Waals surface area contributed by atoms with E-state index in [1.807, 2.05) is 31.2 Å². The molecule has 0 spiro atoms. The van der Waals surface area contributed by atoms with Crippen molar-refractivity contribution in [3.05, 3.63) is 86.3 Å². The van der Waals surface area contributed by atoms with Gasteiger partial charge >= 0.3 is 5.97 Å². The lowest BCUT2D eigenvalue weighted by atomic mass is 10.1. The summed E-state index contributed by atoms with van der Waals surface area (Å²) in [6.45, 7) is 5.72. The molecule has 0 aliphatic carbocycles. The van der Waals surface area contributed by atoms with E-state index in [0.29, 0.717) is 35.6 Å². The average molecular weight is 567 g/mol. The van der Waals surface area contributed by atoms with Crippen molar-refractivity contribution in [3.63, 3.8) is 0 Å². The number of carboxylic acids is 1. The van der Waals surface area contributed by atoms with E-state index in [0.717, 1.165) is 65.2 Å². The van der Waals surface area contributed by atoms with Gasteiger partial charge in [0, 0.05) is 30.3 Å². The van der Waals surface area contributed by atoms with Gasteiger partial charge in [0.2, 0.25) is 5.88 Å². The number of carbonyl (C=O) groups is 1. The number of nitrogens with zero attached hydrogens (tertiary/aromatic N) is 4. The summed E-state index contributed by atoms with van der Waals surface area (Å²) in [6.07, 6.45) is 1.90. The van der Waals surface area contributed by atoms with Crippen LogP contribution in [0.25, 0.3) is 11.0 Å². The lowest BCUT2D eigenvalue weighted by Crippen LogP contribution is -2.34. The number of hydrogen-bond acceptors (Lipinski definition) is 6. The summed E-state index contributed by atoms with van der Waals surface area (Å²) in [7, 11) is 0. The molecule has 0 amide bonds. The van der Waals surface area contributed by atoms with Crippen molar-refractivity contribution in [2.45, 2.75) is 52.1 Å². The number of ether oxygens (including phenoxy) is 2. The molecule has 1 saturated heterocycles. The van der Waals surface area contributed by atoms with Gasteiger partial charge in [-0.3, -0.25) is 4.90 Å². The largest absolute Gasteiger partial charge is 0.478 e. The standard InChI is InChI=1S/C29H28Cl2N4O4/c1-17-2-3-20(22(30)10-17)16-39-28-23(31)11-18-6-8-34(14-25(18)33-28)15-27-32-24-5-4-19(29(36)37)12-26(24)35(27)13-21-7-9-38-21/h2-5,10-12,21H,6-9,13-16H2,1H3,(H,36,37)/t21-/m0/s1. The van der Waals surface area contributed by atoms with Crippen LogP contribution in [0.15, 0.2) is 42.5 Å². The molecule has 2 aliphatic rings. The molecule has 4 heterocycles. The number of hydrogen-bond donors (Lipinski definition) is 1. The fraction of sp³-hybridized carbons (Fsp3) is 0.345. The number of pyridine rings is 1. The van der Waals surface area contributed by atoms with E-state index in [1.165, 1.54) is 0 Å². The summed E-state index contributed by atoms with van der Waals surface area (Å²) < 4.78 is 13.8. The second-order valence-electron chi connectivity index (χ2n) is 10.2. The Balaban J connectivity index is 1.22. The molecule has 0 radical (unpaired) electrons. The van der Waals surface area contributed by atoms with E-state index in [-0.39, 0.29) is 18.3 Å². The summed E-state index contributed by atoms with van der Waals surface area (Å²) in [5, 5.41) is 10.7. The molecule has 1 atom stereocenters. The Morgan fingerprint density at radius 3 is 2.74 bits per heavy atom. The van der Waals surface area contributed by atoms with Gasteiger partial charge in [0.05, 0.1) is 41.5 Å². The zero-order valence-electron chi connectivity index (χ0n) is 21.5. The van der Waals surface area contributed by atoms with Gasteiger partial charge in [-0.1, -0.05) is 35.3 Å². The smallest absolute Gasteiger partial charge is 0.335 e. The van der Waals surface area contributed by atoms with Crippen molar-refractivity contribution in [2.24, 2.45) is 0 Å². The molecule has 2 aliphatic heterocycles. The van der Waals surface area contributed by atoms with Crippen LogP contribution in [0.5, 0.6) is 5.88 Å². The third-order valence-corrected chi connectivity index (χ3v) is 8.00. The molecule has 202 valence electrons. The van der Waals surface area contributed by atoms with Gasteiger partial charge in [0.15, 0.2) is 0 Å². The molecular weight excluding hydrogens is 539 g/mol. The Bertz CT molecular complexity index is 1570. The molecule has 6 rings (SSSR count). The van der Waals surface area contributed by atoms with Crippen LogP contribution in [0.4, 0.5) is 0 Å². The van der Waals surface area contributed by atoms with Crippen LogP contribution in [0.1, 0.15) is 45.0 Å². The van der Waals surface area contributed by atoms with Gasteiger partial charge in [0.25, 0.3) is 0 Å². The normalized spacial score (nSPS) is 17.2. The minimum Gasteiger partial charge on any atom is -0.478 e. The van der Waals surface area contributed by atoms with Crippen LogP contribution >= 0.6 is 23.2 Å². The van der Waals surface area contributed by atoms with E-state index in [4.69, 9.17) is 42.6 Å². The highest BCUT2D eigenvalue weighted by atomic mass is 35.5. The Morgan fingerprint density at radius 2 is 2.00 bits per heavy atom. The number of fused-ring (bicyclic) bond motifs is 2. The second-order valence-corrected chi connectivity index (χ2v) is 11.0. The Kier molecular flexibility index (Phi) is 7.20. The third-order valence-electron chi connectivity index (χ3n) is 7.37. The number of aromatic carboxylic acids is 1. The number of carboxylic acid groups (broad SMARTS) is 1. The van der Waals surface area contributed by atoms with Crippen molar-refractivity contribution in [1.29, 1.82) is 0 Å². The molecule has 10 heteroatoms. The molecule has 0 unspecified atom stereocenters. The van der Waals surface area contributed by atoms with E-state index in [1.54, 1.807) is 18.2 Å². The van der Waals surface area contributed by atoms with Gasteiger partial charge in [-0.2, -0.15) is 0 Å². The van der Waals surface area contributed by atoms with Crippen LogP contribution in [0.3, 0.4) is 0 Å². The van der Waals surface area contributed by atoms with Crippen LogP contribution in [-0.4, -0.2) is 49.8 Å². The fourth-order valence-corrected chi connectivity index (χ4v) is 5.60. The molecule has 8 nitrogen and oxygen atoms in total. The van der Waals surface area contributed by atoms with Crippen LogP contribution < -0.4 is 4.74 Å². The van der Waals surface area contributed by atoms with Crippen LogP contribution in [0.2, 0.25) is 10.0 Å². The summed E-state index contributed by atoms with van der Waals surface area (Å²) >= 11 is 12.9. The van der Waals surface area contributed by atoms with Gasteiger partial charge < -0.3 is 19.1 Å². The summed E-state index contributed by atoms with van der Waals surface area (Å²) in [6, 6.07) is 12.9. The highest BCUT2D eigenvalue weighted by Gasteiger charge is 2.25. The number of imidazole rings is 1. The molecule has 2 aromatic carbocycles. The number of aromatic nitrogens is 3. The molecule has 4 aromatic rings. The highest BCUT2D eigenvalue weighted by molar-refractivity contribution is 6.32. The quantitative estimate of drug-likeness (QED) is 0.294. The van der Waals surface area contributed by atoms with Crippen molar-refractivity contribution in [3.8, 4) is 5.88 Å². The van der Waals surface area contributed by atoms with Gasteiger partial charge in [-0.15, -0.1) is 0 Å². The molecule has 0 saturated carbocycles. The van der Waals surface area contributed by atoms with Crippen molar-refractivity contribution in [2.75, 3.05) is 13.2 Å². The SMILES string of the molecule is Cc1ccc(COc2nc3c(cc2Cl)CCN(Cc2nc4ccc(C(=O)O)cc4n2C[C@@H]2CCO2)C3)c(Cl)c1. The first-order valence-corrected chi connectivity index (χ1v) is 13.7. The predicted molar refractivity (Wildman–Crippen MR) is 149 cm³/mol. The Morgan fingerprint density at radius 1 is 1.15 bits per heavy atom. The number of rotatable bonds is 8. The van der Waals surface area contributed by atoms with Crippen molar-refractivity contribution in [1.82, 2.24) is 19.4 Å². The summed E-state index contributed by atoms with van der Waals surface area (Å²) in [5.41, 5.74) is 5.84. The van der Waals surface area contributed by atoms with E-state index < -0.39 is 5.97 Å². The topological polar surface area (TPSA) is 89.7 Å². The molecule has 1 fully saturated rings. The number of benzene rings is 2. The van der Waals surface area contributed by atoms with Gasteiger partial charge in [-0.25, -0.2) is 14.8 Å². The van der Waals surface area contributed by atoms with Crippen LogP contribution in [-0.2, 0) is 37.4 Å². The molecule has 2 aromatic heterocycles. The van der Waals surface area contributed by atoms with E-state index in [9.17, 15) is 9.90 Å². The van der Waals surface area contributed by atoms with E-state index >= 15 is 0 Å². The van der Waals surface area contributed by atoms with Crippen molar-refractivity contribution < 1.29 is 19.4 Å². The molecule has 1 N–H and O–H groups in total. The first-order chi connectivity index (χ1) is 18.8. The second kappa shape index (κ2) is 10.8. The predicted octanol–water partition coefficient (Wildman–Crippen LogP) is 5.67. The maximum absolute atomic E-state index is 11.6. The maximum Gasteiger partial charge on any atom is 0.335 e. The fourth-order valence-electron chi connectivity index (χ4n) is 5.08. The number of aryl methyl sites for hydroxylation is 1. The molecular formula is C29H28Cl2N4O4. The summed E-state index contributed by atoms with van der Waals surface area (Å²) in [4.78, 5) is 23.6.